The van der Waals surface area contributed by atoms with Crippen molar-refractivity contribution in [3.8, 4) is 0 Å². The van der Waals surface area contributed by atoms with Crippen LogP contribution in [0.25, 0.3) is 0 Å². The van der Waals surface area contributed by atoms with Gasteiger partial charge in [0.15, 0.2) is 0 Å². The van der Waals surface area contributed by atoms with Gasteiger partial charge in [-0.05, 0) is 35.1 Å². The number of halogens is 1. The highest BCUT2D eigenvalue weighted by molar-refractivity contribution is 9.10. The molecule has 0 aliphatic carbocycles. The Bertz CT molecular complexity index is 422. The van der Waals surface area contributed by atoms with Gasteiger partial charge in [0.2, 0.25) is 11.8 Å². The van der Waals surface area contributed by atoms with E-state index in [0.717, 1.165) is 4.47 Å². The van der Waals surface area contributed by atoms with Crippen molar-refractivity contribution in [1.82, 2.24) is 15.2 Å². The maximum Gasteiger partial charge on any atom is 0.239 e. The fourth-order valence-electron chi connectivity index (χ4n) is 1.26. The summed E-state index contributed by atoms with van der Waals surface area (Å²) in [7, 11) is 3.26. The minimum absolute atomic E-state index is 0.130. The maximum absolute atomic E-state index is 11.6. The number of likely N-dealkylation sites (N-methyl/N-ethyl adjacent to an activating group) is 2. The predicted octanol–water partition coefficient (Wildman–Crippen LogP) is 0.460. The molecule has 0 saturated heterocycles. The molecule has 0 aliphatic heterocycles. The molecule has 7 heteroatoms. The van der Waals surface area contributed by atoms with Crippen LogP contribution in [0.1, 0.15) is 0 Å². The van der Waals surface area contributed by atoms with Crippen LogP contribution in [0, 0.1) is 0 Å². The molecule has 0 atom stereocenters. The lowest BCUT2D eigenvalue weighted by Gasteiger charge is -2.14. The molecule has 0 aliphatic rings. The van der Waals surface area contributed by atoms with Crippen molar-refractivity contribution in [3.05, 3.63) is 22.8 Å². The van der Waals surface area contributed by atoms with E-state index >= 15 is 0 Å². The largest absolute Gasteiger partial charge is 0.358 e. The second-order valence-electron chi connectivity index (χ2n) is 3.76. The van der Waals surface area contributed by atoms with Crippen LogP contribution in [0.3, 0.4) is 0 Å². The Morgan fingerprint density at radius 3 is 2.56 bits per heavy atom. The van der Waals surface area contributed by atoms with Crippen LogP contribution in [0.4, 0.5) is 5.82 Å². The molecule has 1 aromatic rings. The fraction of sp³-hybridized carbons (Fsp3) is 0.364. The third kappa shape index (κ3) is 5.24. The van der Waals surface area contributed by atoms with Crippen LogP contribution in [0.15, 0.2) is 22.8 Å². The fourth-order valence-corrected chi connectivity index (χ4v) is 1.49. The molecule has 0 spiro atoms. The monoisotopic (exact) mass is 314 g/mol. The zero-order valence-electron chi connectivity index (χ0n) is 10.2. The molecule has 0 unspecified atom stereocenters. The van der Waals surface area contributed by atoms with Crippen LogP contribution in [0.2, 0.25) is 0 Å². The lowest BCUT2D eigenvalue weighted by atomic mass is 10.4. The summed E-state index contributed by atoms with van der Waals surface area (Å²) in [5.41, 5.74) is 0. The molecule has 1 heterocycles. The zero-order chi connectivity index (χ0) is 13.5. The van der Waals surface area contributed by atoms with Crippen molar-refractivity contribution in [3.63, 3.8) is 0 Å². The average molecular weight is 315 g/mol. The van der Waals surface area contributed by atoms with Crippen molar-refractivity contribution < 1.29 is 9.59 Å². The summed E-state index contributed by atoms with van der Waals surface area (Å²) in [6.07, 6.45) is 1.60. The molecule has 6 nitrogen and oxygen atoms in total. The average Bonchev–Trinajstić information content (AvgIpc) is 2.31. The van der Waals surface area contributed by atoms with Crippen molar-refractivity contribution >= 4 is 33.6 Å². The van der Waals surface area contributed by atoms with E-state index in [1.165, 1.54) is 0 Å². The van der Waals surface area contributed by atoms with Crippen LogP contribution < -0.4 is 10.6 Å². The number of carbonyl (C=O) groups is 2. The standard InChI is InChI=1S/C11H15BrN4O2/c1-13-10(17)6-16(2)7-11(18)15-9-4-3-8(12)5-14-9/h3-5H,6-7H2,1-2H3,(H,13,17)(H,14,15,18). The molecule has 0 aromatic carbocycles. The number of carbonyl (C=O) groups excluding carboxylic acids is 2. The summed E-state index contributed by atoms with van der Waals surface area (Å²) in [6.45, 7) is 0.308. The lowest BCUT2D eigenvalue weighted by Crippen LogP contribution is -2.37. The van der Waals surface area contributed by atoms with Crippen LogP contribution >= 0.6 is 15.9 Å². The number of nitrogens with one attached hydrogen (secondary N) is 2. The number of hydrogen-bond donors (Lipinski definition) is 2. The highest BCUT2D eigenvalue weighted by Gasteiger charge is 2.10. The first-order valence-electron chi connectivity index (χ1n) is 5.32. The van der Waals surface area contributed by atoms with Crippen LogP contribution in [0.5, 0.6) is 0 Å². The number of rotatable bonds is 5. The SMILES string of the molecule is CNC(=O)CN(C)CC(=O)Nc1ccc(Br)cn1. The predicted molar refractivity (Wildman–Crippen MR) is 72.1 cm³/mol. The van der Waals surface area contributed by atoms with E-state index in [0.29, 0.717) is 5.82 Å². The van der Waals surface area contributed by atoms with Gasteiger partial charge < -0.3 is 10.6 Å². The van der Waals surface area contributed by atoms with Crippen molar-refractivity contribution in [2.45, 2.75) is 0 Å². The third-order valence-electron chi connectivity index (χ3n) is 2.10. The van der Waals surface area contributed by atoms with Crippen molar-refractivity contribution in [2.75, 3.05) is 32.5 Å². The number of anilines is 1. The molecule has 0 saturated carbocycles. The zero-order valence-corrected chi connectivity index (χ0v) is 11.8. The van der Waals surface area contributed by atoms with E-state index in [9.17, 15) is 9.59 Å². The maximum atomic E-state index is 11.6. The molecular formula is C11H15BrN4O2. The number of aromatic nitrogens is 1. The summed E-state index contributed by atoms with van der Waals surface area (Å²) in [4.78, 5) is 28.4. The lowest BCUT2D eigenvalue weighted by molar-refractivity contribution is -0.122. The Morgan fingerprint density at radius 1 is 1.33 bits per heavy atom. The summed E-state index contributed by atoms with van der Waals surface area (Å²) < 4.78 is 0.845. The van der Waals surface area contributed by atoms with E-state index < -0.39 is 0 Å². The smallest absolute Gasteiger partial charge is 0.239 e. The van der Waals surface area contributed by atoms with Crippen LogP contribution in [-0.4, -0.2) is 48.9 Å². The van der Waals surface area contributed by atoms with Gasteiger partial charge in [-0.2, -0.15) is 0 Å². The Labute approximate surface area is 114 Å². The van der Waals surface area contributed by atoms with Gasteiger partial charge in [-0.3, -0.25) is 14.5 Å². The Morgan fingerprint density at radius 2 is 2.00 bits per heavy atom. The van der Waals surface area contributed by atoms with Gasteiger partial charge in [0.05, 0.1) is 13.1 Å². The molecule has 1 rings (SSSR count). The first kappa shape index (κ1) is 14.6. The van der Waals surface area contributed by atoms with E-state index in [2.05, 4.69) is 31.5 Å². The number of nitrogens with zero attached hydrogens (tertiary/aromatic N) is 2. The first-order valence-corrected chi connectivity index (χ1v) is 6.11. The van der Waals surface area contributed by atoms with Crippen molar-refractivity contribution in [2.24, 2.45) is 0 Å². The van der Waals surface area contributed by atoms with Gasteiger partial charge in [-0.15, -0.1) is 0 Å². The normalized spacial score (nSPS) is 10.2. The highest BCUT2D eigenvalue weighted by atomic mass is 79.9. The summed E-state index contributed by atoms with van der Waals surface area (Å²) in [5.74, 6) is 0.139. The number of hydrogen-bond acceptors (Lipinski definition) is 4. The molecule has 18 heavy (non-hydrogen) atoms. The van der Waals surface area contributed by atoms with E-state index in [4.69, 9.17) is 0 Å². The molecule has 2 amide bonds. The Kier molecular flexibility index (Phi) is 5.73. The van der Waals surface area contributed by atoms with Gasteiger partial charge in [0, 0.05) is 17.7 Å². The molecule has 0 radical (unpaired) electrons. The molecule has 98 valence electrons. The molecule has 2 N–H and O–H groups in total. The minimum atomic E-state index is -0.212. The van der Waals surface area contributed by atoms with Crippen molar-refractivity contribution in [1.29, 1.82) is 0 Å². The minimum Gasteiger partial charge on any atom is -0.358 e. The second-order valence-corrected chi connectivity index (χ2v) is 4.67. The number of amides is 2. The van der Waals surface area contributed by atoms with E-state index in [1.54, 1.807) is 37.3 Å². The Hall–Kier alpha value is -1.47. The van der Waals surface area contributed by atoms with Gasteiger partial charge in [-0.1, -0.05) is 0 Å². The quantitative estimate of drug-likeness (QED) is 0.828. The third-order valence-corrected chi connectivity index (χ3v) is 2.57. The number of pyridine rings is 1. The topological polar surface area (TPSA) is 74.3 Å². The van der Waals surface area contributed by atoms with Gasteiger partial charge >= 0.3 is 0 Å². The van der Waals surface area contributed by atoms with E-state index in [1.807, 2.05) is 0 Å². The second kappa shape index (κ2) is 7.07. The van der Waals surface area contributed by atoms with Gasteiger partial charge in [0.1, 0.15) is 5.82 Å². The van der Waals surface area contributed by atoms with Gasteiger partial charge in [0.25, 0.3) is 0 Å². The summed E-state index contributed by atoms with van der Waals surface area (Å²) in [6, 6.07) is 3.48. The summed E-state index contributed by atoms with van der Waals surface area (Å²) >= 11 is 3.26. The molecule has 0 bridgehead atoms. The van der Waals surface area contributed by atoms with Gasteiger partial charge in [-0.25, -0.2) is 4.98 Å². The van der Waals surface area contributed by atoms with Crippen LogP contribution in [-0.2, 0) is 9.59 Å². The molecule has 0 fully saturated rings. The molecule has 1 aromatic heterocycles. The molecular weight excluding hydrogens is 300 g/mol. The first-order chi connectivity index (χ1) is 8.51. The Balaban J connectivity index is 2.41. The highest BCUT2D eigenvalue weighted by Crippen LogP contribution is 2.10. The van der Waals surface area contributed by atoms with E-state index in [-0.39, 0.29) is 24.9 Å². The summed E-state index contributed by atoms with van der Waals surface area (Å²) in [5, 5.41) is 5.14.